The van der Waals surface area contributed by atoms with Crippen molar-refractivity contribution in [2.24, 2.45) is 0 Å². The summed E-state index contributed by atoms with van der Waals surface area (Å²) in [6.45, 7) is 1.55. The fraction of sp³-hybridized carbons (Fsp3) is 0.412. The van der Waals surface area contributed by atoms with E-state index in [1.54, 1.807) is 11.3 Å². The summed E-state index contributed by atoms with van der Waals surface area (Å²) in [6, 6.07) is 1.92. The van der Waals surface area contributed by atoms with Gasteiger partial charge in [0.05, 0.1) is 10.4 Å². The van der Waals surface area contributed by atoms with Gasteiger partial charge in [0.25, 0.3) is 5.91 Å². The molecule has 1 aliphatic rings. The second-order valence-electron chi connectivity index (χ2n) is 6.47. The Kier molecular flexibility index (Phi) is 3.97. The number of thiophene rings is 1. The third-order valence-electron chi connectivity index (χ3n) is 4.78. The highest BCUT2D eigenvalue weighted by atomic mass is 32.1. The molecule has 0 saturated carbocycles. The van der Waals surface area contributed by atoms with E-state index in [2.05, 4.69) is 25.1 Å². The average Bonchev–Trinajstić information content (AvgIpc) is 3.35. The Balaban J connectivity index is 1.26. The van der Waals surface area contributed by atoms with Crippen molar-refractivity contribution in [2.75, 3.05) is 6.54 Å². The molecule has 7 nitrogen and oxygen atoms in total. The van der Waals surface area contributed by atoms with E-state index in [0.29, 0.717) is 17.8 Å². The fourth-order valence-electron chi connectivity index (χ4n) is 3.46. The SMILES string of the molecule is O=C(NCCc1nnc2n1CCCCC2)c1cc2c(nc3sccn32)s1. The first-order chi connectivity index (χ1) is 12.8. The number of rotatable bonds is 4. The minimum absolute atomic E-state index is 0.0485. The highest BCUT2D eigenvalue weighted by Crippen LogP contribution is 2.28. The van der Waals surface area contributed by atoms with Gasteiger partial charge in [-0.25, -0.2) is 4.98 Å². The summed E-state index contributed by atoms with van der Waals surface area (Å²) in [4.78, 5) is 19.6. The predicted octanol–water partition coefficient (Wildman–Crippen LogP) is 2.90. The summed E-state index contributed by atoms with van der Waals surface area (Å²) in [5.74, 6) is 2.01. The lowest BCUT2D eigenvalue weighted by molar-refractivity contribution is 0.0958. The Morgan fingerprint density at radius 1 is 1.27 bits per heavy atom. The molecule has 0 spiro atoms. The molecular weight excluding hydrogens is 368 g/mol. The molecule has 0 bridgehead atoms. The largest absolute Gasteiger partial charge is 0.351 e. The van der Waals surface area contributed by atoms with Gasteiger partial charge in [0, 0.05) is 37.5 Å². The number of fused-ring (bicyclic) bond motifs is 4. The number of nitrogens with zero attached hydrogens (tertiary/aromatic N) is 5. The number of hydrogen-bond donors (Lipinski definition) is 1. The molecule has 1 N–H and O–H groups in total. The predicted molar refractivity (Wildman–Crippen MR) is 102 cm³/mol. The van der Waals surface area contributed by atoms with Gasteiger partial charge in [-0.05, 0) is 18.9 Å². The van der Waals surface area contributed by atoms with Crippen LogP contribution < -0.4 is 5.32 Å². The average molecular weight is 387 g/mol. The second-order valence-corrected chi connectivity index (χ2v) is 8.37. The normalized spacial score (nSPS) is 14.6. The third kappa shape index (κ3) is 2.71. The molecule has 0 aromatic carbocycles. The maximum atomic E-state index is 12.5. The van der Waals surface area contributed by atoms with Crippen molar-refractivity contribution in [1.29, 1.82) is 0 Å². The van der Waals surface area contributed by atoms with Crippen molar-refractivity contribution in [3.05, 3.63) is 34.2 Å². The van der Waals surface area contributed by atoms with Crippen LogP contribution in [0.15, 0.2) is 17.6 Å². The quantitative estimate of drug-likeness (QED) is 0.585. The molecule has 4 aromatic heterocycles. The Morgan fingerprint density at radius 2 is 2.23 bits per heavy atom. The lowest BCUT2D eigenvalue weighted by Gasteiger charge is -2.07. The molecule has 5 rings (SSSR count). The first-order valence-corrected chi connectivity index (χ1v) is 10.5. The zero-order valence-corrected chi connectivity index (χ0v) is 15.8. The van der Waals surface area contributed by atoms with Gasteiger partial charge in [-0.15, -0.1) is 32.9 Å². The number of nitrogens with one attached hydrogen (secondary N) is 1. The molecule has 1 aliphatic heterocycles. The van der Waals surface area contributed by atoms with Gasteiger partial charge in [-0.3, -0.25) is 9.20 Å². The van der Waals surface area contributed by atoms with Crippen molar-refractivity contribution >= 4 is 43.9 Å². The molecule has 0 saturated heterocycles. The fourth-order valence-corrected chi connectivity index (χ4v) is 5.18. The standard InChI is InChI=1S/C17H18N6OS2/c24-15(12-10-11-16(26-12)19-17-22(11)8-9-25-17)18-6-5-14-21-20-13-4-2-1-3-7-23(13)14/h8-10H,1-7H2,(H,18,24). The lowest BCUT2D eigenvalue weighted by atomic mass is 10.2. The molecule has 26 heavy (non-hydrogen) atoms. The van der Waals surface area contributed by atoms with Gasteiger partial charge in [0.1, 0.15) is 16.5 Å². The number of aryl methyl sites for hydroxylation is 1. The van der Waals surface area contributed by atoms with E-state index < -0.39 is 0 Å². The zero-order chi connectivity index (χ0) is 17.5. The molecule has 134 valence electrons. The number of imidazole rings is 1. The number of carbonyl (C=O) groups excluding carboxylic acids is 1. The van der Waals surface area contributed by atoms with Crippen LogP contribution in [0.2, 0.25) is 0 Å². The van der Waals surface area contributed by atoms with E-state index in [-0.39, 0.29) is 5.91 Å². The van der Waals surface area contributed by atoms with E-state index in [9.17, 15) is 4.79 Å². The van der Waals surface area contributed by atoms with Crippen molar-refractivity contribution < 1.29 is 4.79 Å². The number of thiazole rings is 1. The number of carbonyl (C=O) groups is 1. The van der Waals surface area contributed by atoms with Crippen LogP contribution in [0, 0.1) is 0 Å². The summed E-state index contributed by atoms with van der Waals surface area (Å²) in [5.41, 5.74) is 0.999. The summed E-state index contributed by atoms with van der Waals surface area (Å²) in [5, 5.41) is 13.6. The maximum Gasteiger partial charge on any atom is 0.261 e. The molecule has 1 amide bonds. The van der Waals surface area contributed by atoms with Crippen LogP contribution >= 0.6 is 22.7 Å². The molecule has 0 aliphatic carbocycles. The van der Waals surface area contributed by atoms with E-state index in [4.69, 9.17) is 0 Å². The van der Waals surface area contributed by atoms with E-state index in [1.165, 1.54) is 30.6 Å². The molecular formula is C17H18N6OS2. The van der Waals surface area contributed by atoms with Crippen LogP contribution in [0.3, 0.4) is 0 Å². The van der Waals surface area contributed by atoms with Gasteiger partial charge in [-0.2, -0.15) is 0 Å². The van der Waals surface area contributed by atoms with Crippen LogP contribution in [0.4, 0.5) is 0 Å². The smallest absolute Gasteiger partial charge is 0.261 e. The summed E-state index contributed by atoms with van der Waals surface area (Å²) >= 11 is 3.04. The highest BCUT2D eigenvalue weighted by molar-refractivity contribution is 7.21. The van der Waals surface area contributed by atoms with Crippen LogP contribution in [0.5, 0.6) is 0 Å². The van der Waals surface area contributed by atoms with Crippen molar-refractivity contribution in [3.8, 4) is 0 Å². The summed E-state index contributed by atoms with van der Waals surface area (Å²) in [7, 11) is 0. The third-order valence-corrected chi connectivity index (χ3v) is 6.56. The zero-order valence-electron chi connectivity index (χ0n) is 14.1. The van der Waals surface area contributed by atoms with Crippen LogP contribution in [-0.2, 0) is 19.4 Å². The highest BCUT2D eigenvalue weighted by Gasteiger charge is 2.17. The van der Waals surface area contributed by atoms with E-state index in [1.807, 2.05) is 22.0 Å². The number of aromatic nitrogens is 5. The Labute approximate surface area is 157 Å². The van der Waals surface area contributed by atoms with Gasteiger partial charge < -0.3 is 9.88 Å². The minimum atomic E-state index is -0.0485. The Bertz CT molecular complexity index is 1090. The molecule has 4 aromatic rings. The minimum Gasteiger partial charge on any atom is -0.351 e. The van der Waals surface area contributed by atoms with Crippen LogP contribution in [-0.4, -0.2) is 36.6 Å². The Hall–Kier alpha value is -2.26. The maximum absolute atomic E-state index is 12.5. The van der Waals surface area contributed by atoms with Crippen LogP contribution in [0.25, 0.3) is 15.3 Å². The molecule has 0 fully saturated rings. The molecule has 5 heterocycles. The topological polar surface area (TPSA) is 77.1 Å². The van der Waals surface area contributed by atoms with Gasteiger partial charge in [-0.1, -0.05) is 6.42 Å². The molecule has 0 unspecified atom stereocenters. The van der Waals surface area contributed by atoms with E-state index in [0.717, 1.165) is 39.9 Å². The Morgan fingerprint density at radius 3 is 3.19 bits per heavy atom. The summed E-state index contributed by atoms with van der Waals surface area (Å²) in [6.07, 6.45) is 7.31. The molecule has 0 atom stereocenters. The van der Waals surface area contributed by atoms with Gasteiger partial charge >= 0.3 is 0 Å². The van der Waals surface area contributed by atoms with Gasteiger partial charge in [0.15, 0.2) is 4.96 Å². The van der Waals surface area contributed by atoms with Crippen molar-refractivity contribution in [1.82, 2.24) is 29.5 Å². The van der Waals surface area contributed by atoms with Gasteiger partial charge in [0.2, 0.25) is 0 Å². The number of hydrogen-bond acceptors (Lipinski definition) is 6. The molecule has 9 heteroatoms. The van der Waals surface area contributed by atoms with Crippen molar-refractivity contribution in [3.63, 3.8) is 0 Å². The number of amides is 1. The second kappa shape index (κ2) is 6.48. The first kappa shape index (κ1) is 16.0. The first-order valence-electron chi connectivity index (χ1n) is 8.84. The molecule has 0 radical (unpaired) electrons. The lowest BCUT2D eigenvalue weighted by Crippen LogP contribution is -2.25. The van der Waals surface area contributed by atoms with E-state index >= 15 is 0 Å². The monoisotopic (exact) mass is 386 g/mol. The van der Waals surface area contributed by atoms with Crippen molar-refractivity contribution in [2.45, 2.75) is 38.6 Å². The van der Waals surface area contributed by atoms with Crippen LogP contribution in [0.1, 0.15) is 40.6 Å². The summed E-state index contributed by atoms with van der Waals surface area (Å²) < 4.78 is 4.26.